The maximum Gasteiger partial charge on any atom is 0.268 e. The molecule has 1 aromatic rings. The Hall–Kier alpha value is -2.04. The summed E-state index contributed by atoms with van der Waals surface area (Å²) in [6.45, 7) is 10.1. The summed E-state index contributed by atoms with van der Waals surface area (Å²) in [5.41, 5.74) is 1.07. The molecule has 0 saturated carbocycles. The topological polar surface area (TPSA) is 55.8 Å². The monoisotopic (exact) mass is 305 g/mol. The van der Waals surface area contributed by atoms with E-state index in [4.69, 9.17) is 9.47 Å². The molecule has 1 atom stereocenters. The molecule has 0 aromatic heterocycles. The summed E-state index contributed by atoms with van der Waals surface area (Å²) in [5, 5.41) is 0. The molecule has 0 radical (unpaired) electrons. The van der Waals surface area contributed by atoms with E-state index in [1.165, 1.54) is 0 Å². The summed E-state index contributed by atoms with van der Waals surface area (Å²) in [7, 11) is 0. The van der Waals surface area contributed by atoms with E-state index in [9.17, 15) is 9.59 Å². The van der Waals surface area contributed by atoms with Crippen molar-refractivity contribution in [2.24, 2.45) is 5.92 Å². The molecule has 1 aliphatic heterocycles. The normalized spacial score (nSPS) is 17.5. The van der Waals surface area contributed by atoms with Gasteiger partial charge in [0.1, 0.15) is 6.29 Å². The molecule has 0 spiro atoms. The lowest BCUT2D eigenvalue weighted by molar-refractivity contribution is -0.128. The van der Waals surface area contributed by atoms with E-state index in [1.807, 2.05) is 34.6 Å². The quantitative estimate of drug-likeness (QED) is 0.785. The van der Waals surface area contributed by atoms with Crippen LogP contribution in [-0.2, 0) is 4.79 Å². The third kappa shape index (κ3) is 2.80. The minimum Gasteiger partial charge on any atom is -0.490 e. The molecule has 1 amide bonds. The van der Waals surface area contributed by atoms with Crippen LogP contribution >= 0.6 is 0 Å². The first-order valence-electron chi connectivity index (χ1n) is 7.66. The molecule has 120 valence electrons. The maximum absolute atomic E-state index is 12.7. The number of fused-ring (bicyclic) bond motifs is 1. The van der Waals surface area contributed by atoms with Crippen molar-refractivity contribution in [2.75, 3.05) is 11.5 Å². The molecular weight excluding hydrogens is 282 g/mol. The van der Waals surface area contributed by atoms with Crippen molar-refractivity contribution in [2.45, 2.75) is 46.8 Å². The summed E-state index contributed by atoms with van der Waals surface area (Å²) in [5.74, 6) is 1.01. The highest BCUT2D eigenvalue weighted by Gasteiger charge is 2.39. The van der Waals surface area contributed by atoms with E-state index >= 15 is 0 Å². The van der Waals surface area contributed by atoms with E-state index in [-0.39, 0.29) is 17.9 Å². The van der Waals surface area contributed by atoms with Crippen molar-refractivity contribution in [3.63, 3.8) is 0 Å². The Bertz CT molecular complexity index is 580. The zero-order valence-electron chi connectivity index (χ0n) is 13.8. The molecule has 0 saturated heterocycles. The summed E-state index contributed by atoms with van der Waals surface area (Å²) in [6.07, 6.45) is 0.205. The zero-order chi connectivity index (χ0) is 16.4. The van der Waals surface area contributed by atoms with Crippen LogP contribution in [0.4, 0.5) is 5.69 Å². The lowest BCUT2D eigenvalue weighted by Crippen LogP contribution is -2.51. The largest absolute Gasteiger partial charge is 0.490 e. The number of hydrogen-bond acceptors (Lipinski definition) is 4. The highest BCUT2D eigenvalue weighted by Crippen LogP contribution is 2.44. The lowest BCUT2D eigenvalue weighted by atomic mass is 10.0. The standard InChI is InChI=1S/C17H23NO4/c1-6-21-14-8-12(9-19)7-13-16(14)22-15(10(2)3)17(20)18(13)11(4)5/h7-11,15H,6H2,1-5H3. The van der Waals surface area contributed by atoms with Gasteiger partial charge in [0.05, 0.1) is 12.3 Å². The van der Waals surface area contributed by atoms with Gasteiger partial charge in [-0.15, -0.1) is 0 Å². The third-order valence-corrected chi connectivity index (χ3v) is 3.60. The molecule has 5 nitrogen and oxygen atoms in total. The molecule has 5 heteroatoms. The van der Waals surface area contributed by atoms with Gasteiger partial charge < -0.3 is 14.4 Å². The predicted molar refractivity (Wildman–Crippen MR) is 84.9 cm³/mol. The van der Waals surface area contributed by atoms with Gasteiger partial charge in [-0.3, -0.25) is 9.59 Å². The van der Waals surface area contributed by atoms with Crippen LogP contribution in [0.5, 0.6) is 11.5 Å². The third-order valence-electron chi connectivity index (χ3n) is 3.60. The molecule has 0 fully saturated rings. The van der Waals surface area contributed by atoms with Crippen LogP contribution in [0.3, 0.4) is 0 Å². The number of hydrogen-bond donors (Lipinski definition) is 0. The Morgan fingerprint density at radius 2 is 2.00 bits per heavy atom. The molecule has 2 rings (SSSR count). The van der Waals surface area contributed by atoms with E-state index in [1.54, 1.807) is 17.0 Å². The smallest absolute Gasteiger partial charge is 0.268 e. The number of carbonyl (C=O) groups excluding carboxylic acids is 2. The maximum atomic E-state index is 12.7. The highest BCUT2D eigenvalue weighted by atomic mass is 16.5. The van der Waals surface area contributed by atoms with Crippen molar-refractivity contribution in [3.05, 3.63) is 17.7 Å². The second kappa shape index (κ2) is 6.38. The van der Waals surface area contributed by atoms with Crippen molar-refractivity contribution in [1.29, 1.82) is 0 Å². The Morgan fingerprint density at radius 3 is 2.50 bits per heavy atom. The zero-order valence-corrected chi connectivity index (χ0v) is 13.8. The average molecular weight is 305 g/mol. The van der Waals surface area contributed by atoms with E-state index in [2.05, 4.69) is 0 Å². The number of anilines is 1. The van der Waals surface area contributed by atoms with Gasteiger partial charge in [-0.05, 0) is 38.8 Å². The van der Waals surface area contributed by atoms with Crippen molar-refractivity contribution in [1.82, 2.24) is 0 Å². The lowest BCUT2D eigenvalue weighted by Gasteiger charge is -2.38. The van der Waals surface area contributed by atoms with E-state index in [0.717, 1.165) is 6.29 Å². The van der Waals surface area contributed by atoms with Crippen LogP contribution in [0.15, 0.2) is 12.1 Å². The van der Waals surface area contributed by atoms with Crippen molar-refractivity contribution in [3.8, 4) is 11.5 Å². The van der Waals surface area contributed by atoms with Crippen LogP contribution in [0.25, 0.3) is 0 Å². The van der Waals surface area contributed by atoms with Crippen molar-refractivity contribution < 1.29 is 19.1 Å². The number of carbonyl (C=O) groups is 2. The Labute approximate surface area is 131 Å². The van der Waals surface area contributed by atoms with Crippen LogP contribution in [0.1, 0.15) is 45.0 Å². The SMILES string of the molecule is CCOc1cc(C=O)cc2c1OC(C(C)C)C(=O)N2C(C)C. The number of nitrogens with zero attached hydrogens (tertiary/aromatic N) is 1. The summed E-state index contributed by atoms with van der Waals surface area (Å²) >= 11 is 0. The minimum atomic E-state index is -0.545. The van der Waals surface area contributed by atoms with Gasteiger partial charge >= 0.3 is 0 Å². The van der Waals surface area contributed by atoms with Crippen LogP contribution in [0.2, 0.25) is 0 Å². The second-order valence-electron chi connectivity index (χ2n) is 6.00. The van der Waals surface area contributed by atoms with Gasteiger partial charge in [-0.25, -0.2) is 0 Å². The summed E-state index contributed by atoms with van der Waals surface area (Å²) < 4.78 is 11.6. The molecule has 0 N–H and O–H groups in total. The Balaban J connectivity index is 2.64. The van der Waals surface area contributed by atoms with Gasteiger partial charge in [0.25, 0.3) is 5.91 Å². The second-order valence-corrected chi connectivity index (χ2v) is 6.00. The first-order valence-corrected chi connectivity index (χ1v) is 7.66. The number of aldehydes is 1. The molecule has 1 heterocycles. The Morgan fingerprint density at radius 1 is 1.32 bits per heavy atom. The fraction of sp³-hybridized carbons (Fsp3) is 0.529. The summed E-state index contributed by atoms with van der Waals surface area (Å²) in [6, 6.07) is 3.30. The molecule has 0 aliphatic carbocycles. The van der Waals surface area contributed by atoms with Gasteiger partial charge in [-0.2, -0.15) is 0 Å². The van der Waals surface area contributed by atoms with Gasteiger partial charge in [0.15, 0.2) is 17.6 Å². The number of benzene rings is 1. The highest BCUT2D eigenvalue weighted by molar-refractivity contribution is 6.02. The Kier molecular flexibility index (Phi) is 4.74. The molecule has 1 unspecified atom stereocenters. The van der Waals surface area contributed by atoms with Crippen LogP contribution in [0, 0.1) is 5.92 Å². The predicted octanol–water partition coefficient (Wildman–Crippen LogP) is 3.06. The molecular formula is C17H23NO4. The molecule has 1 aromatic carbocycles. The fourth-order valence-electron chi connectivity index (χ4n) is 2.62. The first kappa shape index (κ1) is 16.3. The number of amides is 1. The fourth-order valence-corrected chi connectivity index (χ4v) is 2.62. The van der Waals surface area contributed by atoms with E-state index in [0.29, 0.717) is 29.4 Å². The molecule has 22 heavy (non-hydrogen) atoms. The first-order chi connectivity index (χ1) is 10.4. The number of rotatable bonds is 5. The average Bonchev–Trinajstić information content (AvgIpc) is 2.45. The van der Waals surface area contributed by atoms with Gasteiger partial charge in [0, 0.05) is 11.6 Å². The number of ether oxygens (including phenoxy) is 2. The van der Waals surface area contributed by atoms with Crippen LogP contribution < -0.4 is 14.4 Å². The van der Waals surface area contributed by atoms with Gasteiger partial charge in [-0.1, -0.05) is 13.8 Å². The molecule has 0 bridgehead atoms. The van der Waals surface area contributed by atoms with Crippen molar-refractivity contribution >= 4 is 17.9 Å². The molecule has 1 aliphatic rings. The minimum absolute atomic E-state index is 0.0345. The summed E-state index contributed by atoms with van der Waals surface area (Å²) in [4.78, 5) is 25.6. The van der Waals surface area contributed by atoms with E-state index < -0.39 is 6.10 Å². The van der Waals surface area contributed by atoms with Crippen LogP contribution in [-0.4, -0.2) is 30.9 Å². The van der Waals surface area contributed by atoms with Gasteiger partial charge in [0.2, 0.25) is 0 Å².